The van der Waals surface area contributed by atoms with E-state index in [1.807, 2.05) is 36.5 Å². The van der Waals surface area contributed by atoms with E-state index in [2.05, 4.69) is 38.2 Å². The van der Waals surface area contributed by atoms with E-state index in [1.54, 1.807) is 0 Å². The Bertz CT molecular complexity index is 988. The van der Waals surface area contributed by atoms with Crippen LogP contribution >= 0.6 is 0 Å². The number of hydrogen-bond acceptors (Lipinski definition) is 5. The van der Waals surface area contributed by atoms with E-state index < -0.39 is 18.2 Å². The Kier molecular flexibility index (Phi) is 43.2. The molecule has 3 atom stereocenters. The normalized spacial score (nSPS) is 13.7. The Balaban J connectivity index is 4.52. The van der Waals surface area contributed by atoms with Crippen molar-refractivity contribution in [3.8, 4) is 0 Å². The number of carbonyl (C=O) groups is 2. The van der Waals surface area contributed by atoms with Crippen molar-refractivity contribution in [3.05, 3.63) is 48.6 Å². The molecule has 57 heavy (non-hydrogen) atoms. The van der Waals surface area contributed by atoms with E-state index in [0.29, 0.717) is 19.3 Å². The summed E-state index contributed by atoms with van der Waals surface area (Å²) in [6.45, 7) is 6.31. The zero-order chi connectivity index (χ0) is 41.7. The average Bonchev–Trinajstić information content (AvgIpc) is 3.20. The molecule has 0 aromatic heterocycles. The second-order valence-corrected chi connectivity index (χ2v) is 16.6. The monoisotopic (exact) mass is 800 g/mol. The molecule has 0 aromatic rings. The van der Waals surface area contributed by atoms with Gasteiger partial charge in [-0.25, -0.2) is 0 Å². The zero-order valence-electron chi connectivity index (χ0n) is 37.7. The van der Waals surface area contributed by atoms with Gasteiger partial charge in [0.25, 0.3) is 0 Å². The second-order valence-electron chi connectivity index (χ2n) is 16.6. The largest absolute Gasteiger partial charge is 0.462 e. The molecule has 332 valence electrons. The lowest BCUT2D eigenvalue weighted by molar-refractivity contribution is -0.151. The Labute approximate surface area is 353 Å². The third-order valence-electron chi connectivity index (χ3n) is 11.0. The van der Waals surface area contributed by atoms with E-state index in [4.69, 9.17) is 4.74 Å². The standard InChI is InChI=1S/C51H93NO5/c1-4-7-10-13-16-19-22-23-24-25-26-27-29-31-34-37-40-43-49(54)48(46-53)52-50(55)45-47(42-39-36-33-30-28-20-17-14-11-8-5-2)57-51(56)44-41-38-35-32-21-18-15-12-9-6-3/h8,11,14,17,20,28,30,33,47-49,53-54H,4-7,9-10,12-13,15-16,18-19,21-27,29,31-32,34-46H2,1-3H3,(H,52,55)/b11-8+,17-14+,28-20-,33-30-. The van der Waals surface area contributed by atoms with Crippen LogP contribution in [0.1, 0.15) is 239 Å². The third-order valence-corrected chi connectivity index (χ3v) is 11.0. The minimum absolute atomic E-state index is 0.0335. The van der Waals surface area contributed by atoms with Crippen molar-refractivity contribution >= 4 is 11.9 Å². The molecule has 0 aliphatic heterocycles. The van der Waals surface area contributed by atoms with Gasteiger partial charge < -0.3 is 20.3 Å². The number of aliphatic hydroxyl groups excluding tert-OH is 2. The molecule has 0 spiro atoms. The van der Waals surface area contributed by atoms with Crippen LogP contribution in [-0.4, -0.2) is 46.9 Å². The van der Waals surface area contributed by atoms with Crippen LogP contribution in [0.15, 0.2) is 48.6 Å². The third kappa shape index (κ3) is 40.4. The van der Waals surface area contributed by atoms with Gasteiger partial charge in [-0.1, -0.05) is 236 Å². The fourth-order valence-electron chi connectivity index (χ4n) is 7.33. The summed E-state index contributed by atoms with van der Waals surface area (Å²) in [5, 5.41) is 23.7. The molecule has 0 aromatic carbocycles. The molecular formula is C51H93NO5. The van der Waals surface area contributed by atoms with E-state index in [9.17, 15) is 19.8 Å². The number of aliphatic hydroxyl groups is 2. The Morgan fingerprint density at radius 3 is 1.40 bits per heavy atom. The molecule has 0 radical (unpaired) electrons. The van der Waals surface area contributed by atoms with Crippen LogP contribution in [0.25, 0.3) is 0 Å². The molecule has 0 aliphatic carbocycles. The topological polar surface area (TPSA) is 95.9 Å². The van der Waals surface area contributed by atoms with Crippen LogP contribution < -0.4 is 5.32 Å². The van der Waals surface area contributed by atoms with Crippen LogP contribution in [0.3, 0.4) is 0 Å². The Morgan fingerprint density at radius 2 is 0.947 bits per heavy atom. The number of unbranched alkanes of at least 4 members (excludes halogenated alkanes) is 26. The number of hydrogen-bond donors (Lipinski definition) is 3. The summed E-state index contributed by atoms with van der Waals surface area (Å²) in [7, 11) is 0. The fraction of sp³-hybridized carbons (Fsp3) is 0.804. The highest BCUT2D eigenvalue weighted by atomic mass is 16.5. The summed E-state index contributed by atoms with van der Waals surface area (Å²) < 4.78 is 5.86. The summed E-state index contributed by atoms with van der Waals surface area (Å²) in [5.74, 6) is -0.540. The van der Waals surface area contributed by atoms with Crippen LogP contribution in [0.2, 0.25) is 0 Å². The lowest BCUT2D eigenvalue weighted by Gasteiger charge is -2.24. The van der Waals surface area contributed by atoms with Crippen molar-refractivity contribution in [1.82, 2.24) is 5.32 Å². The van der Waals surface area contributed by atoms with Crippen molar-refractivity contribution < 1.29 is 24.5 Å². The molecule has 0 heterocycles. The van der Waals surface area contributed by atoms with Gasteiger partial charge in [-0.15, -0.1) is 0 Å². The molecule has 0 rings (SSSR count). The highest BCUT2D eigenvalue weighted by molar-refractivity contribution is 5.77. The van der Waals surface area contributed by atoms with Gasteiger partial charge in [0, 0.05) is 6.42 Å². The van der Waals surface area contributed by atoms with E-state index in [0.717, 1.165) is 57.8 Å². The molecule has 6 nitrogen and oxygen atoms in total. The molecule has 0 bridgehead atoms. The first-order valence-electron chi connectivity index (χ1n) is 24.4. The first kappa shape index (κ1) is 54.8. The number of amides is 1. The smallest absolute Gasteiger partial charge is 0.306 e. The second kappa shape index (κ2) is 44.9. The SMILES string of the molecule is CC/C=C/C=C/C=C\C=C/CCCC(CC(=O)NC(CO)C(O)CCCCCCCCCCCCCCCCCCC)OC(=O)CCCCCCCCCCCC. The van der Waals surface area contributed by atoms with Crippen LogP contribution in [-0.2, 0) is 14.3 Å². The van der Waals surface area contributed by atoms with E-state index in [-0.39, 0.29) is 24.9 Å². The van der Waals surface area contributed by atoms with Gasteiger partial charge in [0.15, 0.2) is 0 Å². The molecule has 6 heteroatoms. The summed E-state index contributed by atoms with van der Waals surface area (Å²) in [6, 6.07) is -0.720. The molecule has 0 fully saturated rings. The quantitative estimate of drug-likeness (QED) is 0.0324. The van der Waals surface area contributed by atoms with Crippen molar-refractivity contribution in [2.75, 3.05) is 6.61 Å². The lowest BCUT2D eigenvalue weighted by atomic mass is 10.0. The van der Waals surface area contributed by atoms with Gasteiger partial charge >= 0.3 is 5.97 Å². The van der Waals surface area contributed by atoms with Gasteiger partial charge in [-0.2, -0.15) is 0 Å². The van der Waals surface area contributed by atoms with Gasteiger partial charge in [0.05, 0.1) is 25.2 Å². The van der Waals surface area contributed by atoms with Crippen molar-refractivity contribution in [1.29, 1.82) is 0 Å². The van der Waals surface area contributed by atoms with Crippen LogP contribution in [0.5, 0.6) is 0 Å². The molecule has 0 aliphatic rings. The molecule has 0 saturated heterocycles. The number of ether oxygens (including phenoxy) is 1. The predicted octanol–water partition coefficient (Wildman–Crippen LogP) is 14.3. The lowest BCUT2D eigenvalue weighted by Crippen LogP contribution is -2.46. The maximum Gasteiger partial charge on any atom is 0.306 e. The van der Waals surface area contributed by atoms with E-state index in [1.165, 1.54) is 135 Å². The van der Waals surface area contributed by atoms with Crippen molar-refractivity contribution in [3.63, 3.8) is 0 Å². The predicted molar refractivity (Wildman–Crippen MR) is 245 cm³/mol. The number of esters is 1. The summed E-state index contributed by atoms with van der Waals surface area (Å²) in [5.41, 5.74) is 0. The maximum absolute atomic E-state index is 13.1. The van der Waals surface area contributed by atoms with Gasteiger partial charge in [-0.05, 0) is 38.5 Å². The van der Waals surface area contributed by atoms with Gasteiger partial charge in [-0.3, -0.25) is 9.59 Å². The molecule has 3 unspecified atom stereocenters. The van der Waals surface area contributed by atoms with Gasteiger partial charge in [0.2, 0.25) is 5.91 Å². The molecule has 0 saturated carbocycles. The first-order chi connectivity index (χ1) is 28.0. The highest BCUT2D eigenvalue weighted by Crippen LogP contribution is 2.17. The minimum atomic E-state index is -0.802. The first-order valence-corrected chi connectivity index (χ1v) is 24.4. The minimum Gasteiger partial charge on any atom is -0.462 e. The number of nitrogens with one attached hydrogen (secondary N) is 1. The highest BCUT2D eigenvalue weighted by Gasteiger charge is 2.24. The summed E-state index contributed by atoms with van der Waals surface area (Å²) >= 11 is 0. The number of allylic oxidation sites excluding steroid dienone is 8. The maximum atomic E-state index is 13.1. The Hall–Kier alpha value is -2.18. The van der Waals surface area contributed by atoms with Gasteiger partial charge in [0.1, 0.15) is 6.10 Å². The molecule has 3 N–H and O–H groups in total. The molecular weight excluding hydrogens is 707 g/mol. The summed E-state index contributed by atoms with van der Waals surface area (Å²) in [6.07, 6.45) is 53.3. The van der Waals surface area contributed by atoms with Crippen molar-refractivity contribution in [2.45, 2.75) is 257 Å². The average molecular weight is 800 g/mol. The van der Waals surface area contributed by atoms with Crippen LogP contribution in [0.4, 0.5) is 0 Å². The summed E-state index contributed by atoms with van der Waals surface area (Å²) in [4.78, 5) is 26.0. The fourth-order valence-corrected chi connectivity index (χ4v) is 7.33. The van der Waals surface area contributed by atoms with Crippen molar-refractivity contribution in [2.24, 2.45) is 0 Å². The van der Waals surface area contributed by atoms with E-state index >= 15 is 0 Å². The zero-order valence-corrected chi connectivity index (χ0v) is 37.7. The molecule has 1 amide bonds. The number of rotatable bonds is 43. The van der Waals surface area contributed by atoms with Crippen LogP contribution in [0, 0.1) is 0 Å². The number of carbonyl (C=O) groups excluding carboxylic acids is 2. The Morgan fingerprint density at radius 1 is 0.526 bits per heavy atom.